The van der Waals surface area contributed by atoms with Gasteiger partial charge in [0, 0.05) is 30.5 Å². The number of nitrogens with one attached hydrogen (secondary N) is 3. The van der Waals surface area contributed by atoms with Crippen LogP contribution >= 0.6 is 0 Å². The summed E-state index contributed by atoms with van der Waals surface area (Å²) < 4.78 is 0. The maximum atomic E-state index is 4.72. The average molecular weight is 279 g/mol. The zero-order valence-corrected chi connectivity index (χ0v) is 11.9. The lowest BCUT2D eigenvalue weighted by molar-refractivity contribution is 1.10. The normalized spacial score (nSPS) is 14.3. The number of benzene rings is 1. The van der Waals surface area contributed by atoms with Crippen LogP contribution in [0.15, 0.2) is 36.5 Å². The van der Waals surface area contributed by atoms with E-state index in [1.165, 1.54) is 12.8 Å². The van der Waals surface area contributed by atoms with Crippen molar-refractivity contribution in [2.45, 2.75) is 18.9 Å². The van der Waals surface area contributed by atoms with Gasteiger partial charge in [-0.2, -0.15) is 0 Å². The molecule has 2 heterocycles. The van der Waals surface area contributed by atoms with E-state index in [0.29, 0.717) is 6.04 Å². The molecule has 1 fully saturated rings. The molecule has 5 heteroatoms. The largest absolute Gasteiger partial charge is 0.388 e. The number of H-pyrrole nitrogens is 1. The lowest BCUT2D eigenvalue weighted by Gasteiger charge is -2.09. The molecule has 3 N–H and O–H groups in total. The fourth-order valence-corrected chi connectivity index (χ4v) is 2.41. The molecule has 2 aromatic heterocycles. The van der Waals surface area contributed by atoms with Crippen LogP contribution in [0.5, 0.6) is 0 Å². The van der Waals surface area contributed by atoms with Crippen molar-refractivity contribution in [3.8, 4) is 11.4 Å². The van der Waals surface area contributed by atoms with Crippen molar-refractivity contribution in [1.29, 1.82) is 0 Å². The molecule has 0 saturated heterocycles. The Morgan fingerprint density at radius 1 is 1.19 bits per heavy atom. The highest BCUT2D eigenvalue weighted by Crippen LogP contribution is 2.29. The van der Waals surface area contributed by atoms with E-state index in [2.05, 4.69) is 26.7 Å². The second kappa shape index (κ2) is 4.77. The molecule has 0 atom stereocenters. The van der Waals surface area contributed by atoms with Gasteiger partial charge in [0.05, 0.1) is 5.52 Å². The third-order valence-corrected chi connectivity index (χ3v) is 3.73. The first-order chi connectivity index (χ1) is 10.3. The third-order valence-electron chi connectivity index (χ3n) is 3.73. The molecule has 5 nitrogen and oxygen atoms in total. The minimum absolute atomic E-state index is 0.558. The molecule has 4 rings (SSSR count). The van der Waals surface area contributed by atoms with E-state index in [9.17, 15) is 0 Å². The van der Waals surface area contributed by atoms with E-state index in [1.807, 2.05) is 37.5 Å². The molecule has 106 valence electrons. The Morgan fingerprint density at radius 3 is 2.90 bits per heavy atom. The number of hydrogen-bond acceptors (Lipinski definition) is 4. The van der Waals surface area contributed by atoms with Gasteiger partial charge in [-0.15, -0.1) is 0 Å². The number of aromatic amines is 1. The summed E-state index contributed by atoms with van der Waals surface area (Å²) in [5, 5.41) is 6.63. The van der Waals surface area contributed by atoms with E-state index in [-0.39, 0.29) is 0 Å². The van der Waals surface area contributed by atoms with Crippen LogP contribution in [0, 0.1) is 0 Å². The average Bonchev–Trinajstić information content (AvgIpc) is 3.21. The quantitative estimate of drug-likeness (QED) is 0.686. The molecule has 0 bridgehead atoms. The Balaban J connectivity index is 1.83. The summed E-state index contributed by atoms with van der Waals surface area (Å²) in [7, 11) is 1.91. The van der Waals surface area contributed by atoms with Crippen molar-refractivity contribution in [3.05, 3.63) is 36.5 Å². The molecule has 1 aliphatic carbocycles. The SMILES string of the molecule is CNc1cccc(-c2nc(NC3CC3)c3[nH]ccc3n2)c1. The van der Waals surface area contributed by atoms with Gasteiger partial charge >= 0.3 is 0 Å². The lowest BCUT2D eigenvalue weighted by Crippen LogP contribution is -2.05. The Kier molecular flexibility index (Phi) is 2.77. The van der Waals surface area contributed by atoms with E-state index in [0.717, 1.165) is 33.9 Å². The number of fused-ring (bicyclic) bond motifs is 1. The Morgan fingerprint density at radius 2 is 2.10 bits per heavy atom. The molecular weight excluding hydrogens is 262 g/mol. The van der Waals surface area contributed by atoms with E-state index >= 15 is 0 Å². The first-order valence-electron chi connectivity index (χ1n) is 7.23. The predicted octanol–water partition coefficient (Wildman–Crippen LogP) is 3.24. The minimum atomic E-state index is 0.558. The second-order valence-electron chi connectivity index (χ2n) is 5.38. The van der Waals surface area contributed by atoms with Crippen LogP contribution in [0.3, 0.4) is 0 Å². The van der Waals surface area contributed by atoms with Gasteiger partial charge < -0.3 is 15.6 Å². The molecular formula is C16H17N5. The number of nitrogens with zero attached hydrogens (tertiary/aromatic N) is 2. The molecule has 0 amide bonds. The number of rotatable bonds is 4. The van der Waals surface area contributed by atoms with Gasteiger partial charge in [-0.25, -0.2) is 9.97 Å². The highest BCUT2D eigenvalue weighted by atomic mass is 15.1. The standard InChI is InChI=1S/C16H17N5/c1-17-12-4-2-3-10(9-12)15-20-13-7-8-18-14(13)16(21-15)19-11-5-6-11/h2-4,7-9,11,17-18H,5-6H2,1H3,(H,19,20,21). The summed E-state index contributed by atoms with van der Waals surface area (Å²) >= 11 is 0. The maximum Gasteiger partial charge on any atom is 0.162 e. The summed E-state index contributed by atoms with van der Waals surface area (Å²) in [6.45, 7) is 0. The minimum Gasteiger partial charge on any atom is -0.388 e. The highest BCUT2D eigenvalue weighted by molar-refractivity contribution is 5.88. The number of hydrogen-bond donors (Lipinski definition) is 3. The fourth-order valence-electron chi connectivity index (χ4n) is 2.41. The second-order valence-corrected chi connectivity index (χ2v) is 5.38. The maximum absolute atomic E-state index is 4.72. The zero-order valence-electron chi connectivity index (χ0n) is 11.9. The molecule has 21 heavy (non-hydrogen) atoms. The van der Waals surface area contributed by atoms with Gasteiger partial charge in [-0.3, -0.25) is 0 Å². The molecule has 1 aliphatic rings. The van der Waals surface area contributed by atoms with E-state index < -0.39 is 0 Å². The third kappa shape index (κ3) is 2.31. The van der Waals surface area contributed by atoms with Crippen LogP contribution in [0.2, 0.25) is 0 Å². The first-order valence-corrected chi connectivity index (χ1v) is 7.23. The van der Waals surface area contributed by atoms with Crippen molar-refractivity contribution >= 4 is 22.5 Å². The molecule has 0 spiro atoms. The summed E-state index contributed by atoms with van der Waals surface area (Å²) in [6, 6.07) is 10.7. The molecule has 1 aromatic carbocycles. The topological polar surface area (TPSA) is 65.6 Å². The lowest BCUT2D eigenvalue weighted by atomic mass is 10.2. The van der Waals surface area contributed by atoms with Crippen molar-refractivity contribution in [2.24, 2.45) is 0 Å². The van der Waals surface area contributed by atoms with Gasteiger partial charge in [0.25, 0.3) is 0 Å². The van der Waals surface area contributed by atoms with Gasteiger partial charge in [0.1, 0.15) is 5.52 Å². The van der Waals surface area contributed by atoms with Gasteiger partial charge in [-0.1, -0.05) is 12.1 Å². The highest BCUT2D eigenvalue weighted by Gasteiger charge is 2.23. The Labute approximate surface area is 122 Å². The summed E-state index contributed by atoms with van der Waals surface area (Å²) in [6.07, 6.45) is 4.35. The summed E-state index contributed by atoms with van der Waals surface area (Å²) in [4.78, 5) is 12.6. The van der Waals surface area contributed by atoms with Crippen LogP contribution in [0.4, 0.5) is 11.5 Å². The monoisotopic (exact) mass is 279 g/mol. The van der Waals surface area contributed by atoms with Crippen LogP contribution in [-0.4, -0.2) is 28.0 Å². The molecule has 3 aromatic rings. The van der Waals surface area contributed by atoms with Crippen LogP contribution in [0.25, 0.3) is 22.4 Å². The number of anilines is 2. The van der Waals surface area contributed by atoms with E-state index in [1.54, 1.807) is 0 Å². The molecule has 0 aliphatic heterocycles. The van der Waals surface area contributed by atoms with Crippen molar-refractivity contribution in [3.63, 3.8) is 0 Å². The van der Waals surface area contributed by atoms with Crippen LogP contribution < -0.4 is 10.6 Å². The van der Waals surface area contributed by atoms with Crippen molar-refractivity contribution in [1.82, 2.24) is 15.0 Å². The van der Waals surface area contributed by atoms with Gasteiger partial charge in [-0.05, 0) is 31.0 Å². The van der Waals surface area contributed by atoms with E-state index in [4.69, 9.17) is 4.98 Å². The van der Waals surface area contributed by atoms with Crippen LogP contribution in [-0.2, 0) is 0 Å². The van der Waals surface area contributed by atoms with Crippen molar-refractivity contribution < 1.29 is 0 Å². The Bertz CT molecular complexity index is 788. The summed E-state index contributed by atoms with van der Waals surface area (Å²) in [5.41, 5.74) is 4.00. The molecule has 1 saturated carbocycles. The zero-order chi connectivity index (χ0) is 14.2. The Hall–Kier alpha value is -2.56. The smallest absolute Gasteiger partial charge is 0.162 e. The predicted molar refractivity (Wildman–Crippen MR) is 85.5 cm³/mol. The first kappa shape index (κ1) is 12.2. The van der Waals surface area contributed by atoms with Gasteiger partial charge in [0.2, 0.25) is 0 Å². The molecule has 0 unspecified atom stereocenters. The molecule has 0 radical (unpaired) electrons. The fraction of sp³-hybridized carbons (Fsp3) is 0.250. The summed E-state index contributed by atoms with van der Waals surface area (Å²) in [5.74, 6) is 1.65. The number of aromatic nitrogens is 3. The van der Waals surface area contributed by atoms with Crippen molar-refractivity contribution in [2.75, 3.05) is 17.7 Å². The van der Waals surface area contributed by atoms with Gasteiger partial charge in [0.15, 0.2) is 11.6 Å². The van der Waals surface area contributed by atoms with Crippen LogP contribution in [0.1, 0.15) is 12.8 Å².